The van der Waals surface area contributed by atoms with Gasteiger partial charge in [-0.05, 0) is 32.0 Å². The van der Waals surface area contributed by atoms with Crippen molar-refractivity contribution in [2.75, 3.05) is 7.05 Å². The minimum atomic E-state index is -0.489. The summed E-state index contributed by atoms with van der Waals surface area (Å²) in [5, 5.41) is 2.99. The smallest absolute Gasteiger partial charge is 0.130 e. The number of nitrogens with one attached hydrogen (secondary N) is 1. The van der Waals surface area contributed by atoms with Gasteiger partial charge in [0.05, 0.1) is 0 Å². The molecule has 0 fully saturated rings. The summed E-state index contributed by atoms with van der Waals surface area (Å²) in [7, 11) is 1.77. The fourth-order valence-corrected chi connectivity index (χ4v) is 1.53. The molecule has 3 heteroatoms. The van der Waals surface area contributed by atoms with Gasteiger partial charge in [-0.15, -0.1) is 0 Å². The molecule has 0 saturated carbocycles. The second-order valence-electron chi connectivity index (χ2n) is 3.37. The fraction of sp³-hybridized carbons (Fsp3) is 0.455. The molecule has 14 heavy (non-hydrogen) atoms. The Morgan fingerprint density at radius 1 is 1.29 bits per heavy atom. The lowest BCUT2D eigenvalue weighted by Gasteiger charge is -2.15. The highest BCUT2D eigenvalue weighted by Gasteiger charge is 2.14. The molecule has 0 amide bonds. The molecule has 0 aliphatic heterocycles. The highest BCUT2D eigenvalue weighted by molar-refractivity contribution is 5.28. The summed E-state index contributed by atoms with van der Waals surface area (Å²) in [6.45, 7) is 3.60. The molecule has 0 aliphatic rings. The average Bonchev–Trinajstić information content (AvgIpc) is 2.15. The molecular formula is C11H15F2N. The van der Waals surface area contributed by atoms with Gasteiger partial charge in [0, 0.05) is 17.7 Å². The zero-order chi connectivity index (χ0) is 10.7. The van der Waals surface area contributed by atoms with Crippen LogP contribution in [0, 0.1) is 18.6 Å². The van der Waals surface area contributed by atoms with Crippen molar-refractivity contribution >= 4 is 0 Å². The van der Waals surface area contributed by atoms with Crippen LogP contribution in [0.1, 0.15) is 30.5 Å². The Hall–Kier alpha value is -0.960. The van der Waals surface area contributed by atoms with Gasteiger partial charge in [0.25, 0.3) is 0 Å². The molecule has 1 rings (SSSR count). The SMILES string of the molecule is CCC(NC)c1cc(C)c(F)cc1F. The summed E-state index contributed by atoms with van der Waals surface area (Å²) in [6.07, 6.45) is 0.776. The first-order chi connectivity index (χ1) is 6.60. The molecule has 0 aliphatic carbocycles. The van der Waals surface area contributed by atoms with Crippen molar-refractivity contribution in [2.45, 2.75) is 26.3 Å². The van der Waals surface area contributed by atoms with Gasteiger partial charge in [-0.3, -0.25) is 0 Å². The molecule has 0 spiro atoms. The van der Waals surface area contributed by atoms with Gasteiger partial charge < -0.3 is 5.32 Å². The molecule has 0 saturated heterocycles. The molecule has 1 unspecified atom stereocenters. The molecule has 0 heterocycles. The second kappa shape index (κ2) is 4.51. The van der Waals surface area contributed by atoms with Crippen molar-refractivity contribution in [1.29, 1.82) is 0 Å². The Balaban J connectivity index is 3.14. The molecule has 1 N–H and O–H groups in total. The first kappa shape index (κ1) is 11.1. The summed E-state index contributed by atoms with van der Waals surface area (Å²) in [4.78, 5) is 0. The summed E-state index contributed by atoms with van der Waals surface area (Å²) in [6, 6.07) is 2.47. The Bertz CT molecular complexity index is 319. The molecular weight excluding hydrogens is 184 g/mol. The van der Waals surface area contributed by atoms with Crippen molar-refractivity contribution in [2.24, 2.45) is 0 Å². The quantitative estimate of drug-likeness (QED) is 0.789. The third kappa shape index (κ3) is 2.10. The summed E-state index contributed by atoms with van der Waals surface area (Å²) < 4.78 is 26.3. The molecule has 1 atom stereocenters. The average molecular weight is 199 g/mol. The second-order valence-corrected chi connectivity index (χ2v) is 3.37. The van der Waals surface area contributed by atoms with Crippen LogP contribution in [0.2, 0.25) is 0 Å². The zero-order valence-electron chi connectivity index (χ0n) is 8.70. The largest absolute Gasteiger partial charge is 0.313 e. The third-order valence-electron chi connectivity index (χ3n) is 2.41. The first-order valence-electron chi connectivity index (χ1n) is 4.73. The van der Waals surface area contributed by atoms with Crippen LogP contribution in [-0.4, -0.2) is 7.05 Å². The molecule has 1 nitrogen and oxygen atoms in total. The van der Waals surface area contributed by atoms with Crippen molar-refractivity contribution < 1.29 is 8.78 Å². The van der Waals surface area contributed by atoms with Crippen LogP contribution in [0.4, 0.5) is 8.78 Å². The minimum Gasteiger partial charge on any atom is -0.313 e. The van der Waals surface area contributed by atoms with Gasteiger partial charge in [0.2, 0.25) is 0 Å². The van der Waals surface area contributed by atoms with E-state index < -0.39 is 11.6 Å². The first-order valence-corrected chi connectivity index (χ1v) is 4.73. The van der Waals surface area contributed by atoms with Gasteiger partial charge >= 0.3 is 0 Å². The van der Waals surface area contributed by atoms with E-state index in [1.54, 1.807) is 20.0 Å². The maximum absolute atomic E-state index is 13.4. The minimum absolute atomic E-state index is 0.0469. The lowest BCUT2D eigenvalue weighted by Crippen LogP contribution is -2.17. The van der Waals surface area contributed by atoms with Gasteiger partial charge in [-0.25, -0.2) is 8.78 Å². The lowest BCUT2D eigenvalue weighted by atomic mass is 10.0. The van der Waals surface area contributed by atoms with Crippen LogP contribution >= 0.6 is 0 Å². The Kier molecular flexibility index (Phi) is 3.58. The summed E-state index contributed by atoms with van der Waals surface area (Å²) in [5.41, 5.74) is 1.02. The van der Waals surface area contributed by atoms with Crippen LogP contribution in [0.3, 0.4) is 0 Å². The number of hydrogen-bond acceptors (Lipinski definition) is 1. The van der Waals surface area contributed by atoms with E-state index in [2.05, 4.69) is 5.32 Å². The third-order valence-corrected chi connectivity index (χ3v) is 2.41. The number of aryl methyl sites for hydroxylation is 1. The normalized spacial score (nSPS) is 12.9. The standard InChI is InChI=1S/C11H15F2N/c1-4-11(14-3)8-5-7(2)9(12)6-10(8)13/h5-6,11,14H,4H2,1-3H3. The van der Waals surface area contributed by atoms with Gasteiger partial charge in [0.1, 0.15) is 11.6 Å². The predicted octanol–water partition coefficient (Wildman–Crippen LogP) is 2.94. The molecule has 0 radical (unpaired) electrons. The van der Waals surface area contributed by atoms with Crippen molar-refractivity contribution in [3.8, 4) is 0 Å². The predicted molar refractivity (Wildman–Crippen MR) is 53.2 cm³/mol. The summed E-state index contributed by atoms with van der Waals surface area (Å²) in [5.74, 6) is -0.966. The number of rotatable bonds is 3. The topological polar surface area (TPSA) is 12.0 Å². The number of hydrogen-bond donors (Lipinski definition) is 1. The zero-order valence-corrected chi connectivity index (χ0v) is 8.70. The van der Waals surface area contributed by atoms with Crippen LogP contribution in [-0.2, 0) is 0 Å². The molecule has 1 aromatic rings. The van der Waals surface area contributed by atoms with E-state index in [1.807, 2.05) is 6.92 Å². The number of benzene rings is 1. The van der Waals surface area contributed by atoms with Crippen LogP contribution in [0.5, 0.6) is 0 Å². The highest BCUT2D eigenvalue weighted by atomic mass is 19.1. The monoisotopic (exact) mass is 199 g/mol. The molecule has 1 aromatic carbocycles. The maximum atomic E-state index is 13.4. The highest BCUT2D eigenvalue weighted by Crippen LogP contribution is 2.22. The summed E-state index contributed by atoms with van der Waals surface area (Å²) >= 11 is 0. The Morgan fingerprint density at radius 3 is 2.43 bits per heavy atom. The van der Waals surface area contributed by atoms with Gasteiger partial charge in [-0.2, -0.15) is 0 Å². The van der Waals surface area contributed by atoms with E-state index in [0.717, 1.165) is 12.5 Å². The number of halogens is 2. The van der Waals surface area contributed by atoms with Crippen LogP contribution in [0.15, 0.2) is 12.1 Å². The van der Waals surface area contributed by atoms with Crippen LogP contribution < -0.4 is 5.32 Å². The van der Waals surface area contributed by atoms with Gasteiger partial charge in [-0.1, -0.05) is 6.92 Å². The Morgan fingerprint density at radius 2 is 1.93 bits per heavy atom. The van der Waals surface area contributed by atoms with Crippen molar-refractivity contribution in [1.82, 2.24) is 5.32 Å². The van der Waals surface area contributed by atoms with E-state index in [1.165, 1.54) is 0 Å². The molecule has 78 valence electrons. The lowest BCUT2D eigenvalue weighted by molar-refractivity contribution is 0.512. The molecule has 0 aromatic heterocycles. The Labute approximate surface area is 83.1 Å². The fourth-order valence-electron chi connectivity index (χ4n) is 1.53. The van der Waals surface area contributed by atoms with E-state index in [4.69, 9.17) is 0 Å². The molecule has 0 bridgehead atoms. The van der Waals surface area contributed by atoms with E-state index in [-0.39, 0.29) is 6.04 Å². The maximum Gasteiger partial charge on any atom is 0.130 e. The van der Waals surface area contributed by atoms with Crippen molar-refractivity contribution in [3.63, 3.8) is 0 Å². The van der Waals surface area contributed by atoms with E-state index >= 15 is 0 Å². The van der Waals surface area contributed by atoms with Crippen LogP contribution in [0.25, 0.3) is 0 Å². The van der Waals surface area contributed by atoms with E-state index in [0.29, 0.717) is 11.1 Å². The van der Waals surface area contributed by atoms with Crippen molar-refractivity contribution in [3.05, 3.63) is 34.9 Å². The van der Waals surface area contributed by atoms with E-state index in [9.17, 15) is 8.78 Å². The van der Waals surface area contributed by atoms with Gasteiger partial charge in [0.15, 0.2) is 0 Å².